The predicted molar refractivity (Wildman–Crippen MR) is 106 cm³/mol. The third-order valence-corrected chi connectivity index (χ3v) is 6.55. The highest BCUT2D eigenvalue weighted by Crippen LogP contribution is 2.44. The van der Waals surface area contributed by atoms with Crippen molar-refractivity contribution in [1.29, 1.82) is 0 Å². The number of thiazole rings is 1. The molecule has 0 spiro atoms. The van der Waals surface area contributed by atoms with Gasteiger partial charge in [-0.05, 0) is 37.4 Å². The van der Waals surface area contributed by atoms with Gasteiger partial charge >= 0.3 is 0 Å². The Balaban J connectivity index is 1.88. The first-order chi connectivity index (χ1) is 13.8. The van der Waals surface area contributed by atoms with Gasteiger partial charge in [-0.1, -0.05) is 6.07 Å². The van der Waals surface area contributed by atoms with Crippen LogP contribution in [0, 0.1) is 25.5 Å². The summed E-state index contributed by atoms with van der Waals surface area (Å²) in [5, 5.41) is 13.0. The molecule has 1 amide bonds. The van der Waals surface area contributed by atoms with Gasteiger partial charge in [-0.3, -0.25) is 14.5 Å². The van der Waals surface area contributed by atoms with Gasteiger partial charge in [0, 0.05) is 16.6 Å². The smallest absolute Gasteiger partial charge is 0.294 e. The van der Waals surface area contributed by atoms with Crippen LogP contribution in [0.3, 0.4) is 0 Å². The van der Waals surface area contributed by atoms with Crippen LogP contribution in [0.25, 0.3) is 0 Å². The highest BCUT2D eigenvalue weighted by molar-refractivity contribution is 7.14. The zero-order chi connectivity index (χ0) is 20.9. The molecule has 2 aromatic heterocycles. The Hall–Kier alpha value is -2.91. The minimum absolute atomic E-state index is 0.0406. The van der Waals surface area contributed by atoms with Gasteiger partial charge in [-0.25, -0.2) is 13.8 Å². The molecule has 148 valence electrons. The van der Waals surface area contributed by atoms with Gasteiger partial charge in [0.15, 0.2) is 17.4 Å². The third kappa shape index (κ3) is 3.16. The number of carbonyl (C=O) groups is 2. The van der Waals surface area contributed by atoms with E-state index < -0.39 is 35.1 Å². The van der Waals surface area contributed by atoms with E-state index in [1.54, 1.807) is 31.4 Å². The van der Waals surface area contributed by atoms with Crippen LogP contribution >= 0.6 is 22.7 Å². The van der Waals surface area contributed by atoms with Gasteiger partial charge < -0.3 is 5.11 Å². The summed E-state index contributed by atoms with van der Waals surface area (Å²) in [5.74, 6) is -4.26. The molecule has 5 nitrogen and oxygen atoms in total. The Morgan fingerprint density at radius 2 is 1.97 bits per heavy atom. The van der Waals surface area contributed by atoms with Crippen molar-refractivity contribution in [2.24, 2.45) is 0 Å². The molecule has 1 aliphatic heterocycles. The van der Waals surface area contributed by atoms with E-state index in [-0.39, 0.29) is 11.3 Å². The maximum Gasteiger partial charge on any atom is 0.294 e. The van der Waals surface area contributed by atoms with Crippen molar-refractivity contribution in [1.82, 2.24) is 4.98 Å². The minimum Gasteiger partial charge on any atom is -0.503 e. The number of thiophene rings is 1. The van der Waals surface area contributed by atoms with Crippen molar-refractivity contribution in [3.05, 3.63) is 79.1 Å². The number of nitrogens with zero attached hydrogens (tertiary/aromatic N) is 2. The summed E-state index contributed by atoms with van der Waals surface area (Å²) in [7, 11) is 0. The van der Waals surface area contributed by atoms with Crippen LogP contribution < -0.4 is 4.90 Å². The van der Waals surface area contributed by atoms with E-state index in [9.17, 15) is 23.5 Å². The molecule has 0 aliphatic carbocycles. The number of benzene rings is 1. The lowest BCUT2D eigenvalue weighted by Gasteiger charge is -2.25. The second kappa shape index (κ2) is 7.16. The second-order valence-corrected chi connectivity index (χ2v) is 8.61. The predicted octanol–water partition coefficient (Wildman–Crippen LogP) is 4.88. The molecule has 1 aliphatic rings. The number of aryl methyl sites for hydroxylation is 2. The summed E-state index contributed by atoms with van der Waals surface area (Å²) in [6.45, 7) is 3.44. The molecule has 0 saturated carbocycles. The van der Waals surface area contributed by atoms with Crippen molar-refractivity contribution < 1.29 is 23.5 Å². The zero-order valence-electron chi connectivity index (χ0n) is 15.3. The number of aliphatic hydroxyl groups is 1. The first kappa shape index (κ1) is 19.4. The monoisotopic (exact) mass is 432 g/mol. The van der Waals surface area contributed by atoms with Crippen LogP contribution in [-0.4, -0.2) is 21.8 Å². The van der Waals surface area contributed by atoms with E-state index in [2.05, 4.69) is 4.98 Å². The Bertz CT molecular complexity index is 1170. The lowest BCUT2D eigenvalue weighted by molar-refractivity contribution is -0.117. The molecule has 3 aromatic rings. The van der Waals surface area contributed by atoms with Crippen LogP contribution in [0.5, 0.6) is 0 Å². The number of rotatable bonds is 4. The molecule has 1 atom stereocenters. The molecule has 0 fully saturated rings. The van der Waals surface area contributed by atoms with Gasteiger partial charge in [0.25, 0.3) is 5.91 Å². The first-order valence-electron chi connectivity index (χ1n) is 8.53. The fraction of sp³-hybridized carbons (Fsp3) is 0.150. The number of carbonyl (C=O) groups excluding carboxylic acids is 2. The fourth-order valence-electron chi connectivity index (χ4n) is 3.32. The summed E-state index contributed by atoms with van der Waals surface area (Å²) in [5.41, 5.74) is 0.439. The molecule has 0 saturated heterocycles. The maximum absolute atomic E-state index is 13.8. The summed E-state index contributed by atoms with van der Waals surface area (Å²) < 4.78 is 27.2. The number of halogens is 2. The molecule has 1 aromatic carbocycles. The molecule has 0 radical (unpaired) electrons. The molecule has 3 heterocycles. The van der Waals surface area contributed by atoms with E-state index in [1.165, 1.54) is 28.7 Å². The SMILES string of the molecule is Cc1nc(C)c(C(=O)C2=C(O)C(=O)N(c3ccc(F)c(F)c3)C2c2cccs2)s1. The Labute approximate surface area is 172 Å². The molecule has 1 N–H and O–H groups in total. The molecular weight excluding hydrogens is 418 g/mol. The average molecular weight is 432 g/mol. The molecule has 1 unspecified atom stereocenters. The van der Waals surface area contributed by atoms with Gasteiger partial charge in [0.05, 0.1) is 21.2 Å². The van der Waals surface area contributed by atoms with Gasteiger partial charge in [-0.2, -0.15) is 0 Å². The quantitative estimate of drug-likeness (QED) is 0.597. The lowest BCUT2D eigenvalue weighted by Crippen LogP contribution is -2.30. The number of aromatic nitrogens is 1. The molecule has 29 heavy (non-hydrogen) atoms. The Morgan fingerprint density at radius 3 is 2.55 bits per heavy atom. The van der Waals surface area contributed by atoms with E-state index in [0.29, 0.717) is 20.5 Å². The van der Waals surface area contributed by atoms with Crippen LogP contribution in [0.1, 0.15) is 31.3 Å². The van der Waals surface area contributed by atoms with E-state index in [0.717, 1.165) is 17.0 Å². The second-order valence-electron chi connectivity index (χ2n) is 6.43. The Morgan fingerprint density at radius 1 is 1.21 bits per heavy atom. The van der Waals surface area contributed by atoms with Crippen molar-refractivity contribution >= 4 is 40.1 Å². The largest absolute Gasteiger partial charge is 0.503 e. The van der Waals surface area contributed by atoms with Crippen molar-refractivity contribution in [2.45, 2.75) is 19.9 Å². The number of ketones is 1. The van der Waals surface area contributed by atoms with Crippen molar-refractivity contribution in [3.8, 4) is 0 Å². The Kier molecular flexibility index (Phi) is 4.79. The van der Waals surface area contributed by atoms with Crippen LogP contribution in [0.2, 0.25) is 0 Å². The van der Waals surface area contributed by atoms with E-state index >= 15 is 0 Å². The molecule has 4 rings (SSSR count). The molecular formula is C20H14F2N2O3S2. The maximum atomic E-state index is 13.8. The third-order valence-electron chi connectivity index (χ3n) is 4.56. The minimum atomic E-state index is -1.13. The molecule has 0 bridgehead atoms. The van der Waals surface area contributed by atoms with E-state index in [1.807, 2.05) is 0 Å². The highest BCUT2D eigenvalue weighted by atomic mass is 32.1. The number of amides is 1. The zero-order valence-corrected chi connectivity index (χ0v) is 16.9. The van der Waals surface area contributed by atoms with Crippen LogP contribution in [0.4, 0.5) is 14.5 Å². The van der Waals surface area contributed by atoms with Crippen molar-refractivity contribution in [3.63, 3.8) is 0 Å². The summed E-state index contributed by atoms with van der Waals surface area (Å²) in [4.78, 5) is 32.5. The average Bonchev–Trinajstić information content (AvgIpc) is 3.37. The standard InChI is InChI=1S/C20H14F2N2O3S2/c1-9-19(29-10(2)23-9)17(25)15-16(14-4-3-7-28-14)24(20(27)18(15)26)11-5-6-12(21)13(22)8-11/h3-8,16,26H,1-2H3. The number of Topliss-reactive ketones (excluding diaryl/α,β-unsaturated/α-hetero) is 1. The van der Waals surface area contributed by atoms with Crippen molar-refractivity contribution in [2.75, 3.05) is 4.90 Å². The number of hydrogen-bond acceptors (Lipinski definition) is 6. The van der Waals surface area contributed by atoms with E-state index in [4.69, 9.17) is 0 Å². The normalized spacial score (nSPS) is 16.8. The first-order valence-corrected chi connectivity index (χ1v) is 10.2. The van der Waals surface area contributed by atoms with Gasteiger partial charge in [-0.15, -0.1) is 22.7 Å². The highest BCUT2D eigenvalue weighted by Gasteiger charge is 2.46. The fourth-order valence-corrected chi connectivity index (χ4v) is 5.02. The number of hydrogen-bond donors (Lipinski definition) is 1. The summed E-state index contributed by atoms with van der Waals surface area (Å²) in [6, 6.07) is 5.51. The van der Waals surface area contributed by atoms with Gasteiger partial charge in [0.2, 0.25) is 5.78 Å². The summed E-state index contributed by atoms with van der Waals surface area (Å²) in [6.07, 6.45) is 0. The summed E-state index contributed by atoms with van der Waals surface area (Å²) >= 11 is 2.46. The number of aliphatic hydroxyl groups excluding tert-OH is 1. The lowest BCUT2D eigenvalue weighted by atomic mass is 10.00. The topological polar surface area (TPSA) is 70.5 Å². The van der Waals surface area contributed by atoms with Gasteiger partial charge in [0.1, 0.15) is 6.04 Å². The van der Waals surface area contributed by atoms with Crippen LogP contribution in [-0.2, 0) is 4.79 Å². The molecule has 9 heteroatoms. The van der Waals surface area contributed by atoms with Crippen LogP contribution in [0.15, 0.2) is 47.0 Å². The number of anilines is 1.